The first-order chi connectivity index (χ1) is 12.4. The molecule has 3 fully saturated rings. The Morgan fingerprint density at radius 1 is 0.840 bits per heavy atom. The first-order valence-electron chi connectivity index (χ1n) is 10.6. The predicted octanol–water partition coefficient (Wildman–Crippen LogP) is 4.63. The maximum atomic E-state index is 5.98. The summed E-state index contributed by atoms with van der Waals surface area (Å²) in [6, 6.07) is 10.5. The fourth-order valence-electron chi connectivity index (χ4n) is 5.06. The minimum atomic E-state index is 0.651. The Morgan fingerprint density at radius 3 is 2.48 bits per heavy atom. The van der Waals surface area contributed by atoms with Crippen LogP contribution in [0.25, 0.3) is 0 Å². The molecule has 138 valence electrons. The number of ether oxygens (including phenoxy) is 1. The largest absolute Gasteiger partial charge is 0.494 e. The van der Waals surface area contributed by atoms with Crippen LogP contribution in [0.15, 0.2) is 24.3 Å². The van der Waals surface area contributed by atoms with Crippen molar-refractivity contribution in [1.29, 1.82) is 0 Å². The molecular weight excluding hydrogens is 308 g/mol. The lowest BCUT2D eigenvalue weighted by Gasteiger charge is -2.34. The third-order valence-electron chi connectivity index (χ3n) is 6.45. The van der Waals surface area contributed by atoms with Crippen molar-refractivity contribution in [2.75, 3.05) is 32.8 Å². The van der Waals surface area contributed by atoms with Gasteiger partial charge in [-0.15, -0.1) is 0 Å². The zero-order chi connectivity index (χ0) is 16.9. The zero-order valence-electron chi connectivity index (χ0n) is 15.7. The Labute approximate surface area is 153 Å². The molecule has 0 N–H and O–H groups in total. The summed E-state index contributed by atoms with van der Waals surface area (Å²) in [5, 5.41) is 0. The highest BCUT2D eigenvalue weighted by Crippen LogP contribution is 2.40. The molecule has 0 bridgehead atoms. The molecule has 2 atom stereocenters. The van der Waals surface area contributed by atoms with Gasteiger partial charge < -0.3 is 9.64 Å². The first-order valence-corrected chi connectivity index (χ1v) is 10.6. The highest BCUT2D eigenvalue weighted by Gasteiger charge is 2.35. The summed E-state index contributed by atoms with van der Waals surface area (Å²) in [5.41, 5.74) is 1.49. The van der Waals surface area contributed by atoms with E-state index in [0.29, 0.717) is 6.04 Å². The van der Waals surface area contributed by atoms with Crippen LogP contribution < -0.4 is 4.74 Å². The number of fused-ring (bicyclic) bond motifs is 1. The van der Waals surface area contributed by atoms with Gasteiger partial charge in [-0.3, -0.25) is 4.90 Å². The van der Waals surface area contributed by atoms with Crippen LogP contribution in [0.4, 0.5) is 0 Å². The summed E-state index contributed by atoms with van der Waals surface area (Å²) < 4.78 is 5.98. The molecule has 4 rings (SSSR count). The van der Waals surface area contributed by atoms with Crippen molar-refractivity contribution in [2.45, 2.75) is 69.9 Å². The Bertz CT molecular complexity index is 523. The van der Waals surface area contributed by atoms with Crippen LogP contribution in [0.2, 0.25) is 0 Å². The van der Waals surface area contributed by atoms with E-state index in [1.165, 1.54) is 83.1 Å². The Morgan fingerprint density at radius 2 is 1.64 bits per heavy atom. The molecule has 0 radical (unpaired) electrons. The molecule has 3 saturated heterocycles. The molecule has 0 amide bonds. The average Bonchev–Trinajstić information content (AvgIpc) is 3.11. The predicted molar refractivity (Wildman–Crippen MR) is 103 cm³/mol. The van der Waals surface area contributed by atoms with Gasteiger partial charge in [0.25, 0.3) is 0 Å². The number of benzene rings is 1. The van der Waals surface area contributed by atoms with E-state index >= 15 is 0 Å². The lowest BCUT2D eigenvalue weighted by Crippen LogP contribution is -2.35. The topological polar surface area (TPSA) is 15.7 Å². The third-order valence-corrected chi connectivity index (χ3v) is 6.45. The average molecular weight is 343 g/mol. The Hall–Kier alpha value is -1.06. The minimum absolute atomic E-state index is 0.651. The van der Waals surface area contributed by atoms with Crippen LogP contribution in [-0.4, -0.2) is 48.6 Å². The van der Waals surface area contributed by atoms with Gasteiger partial charge in [0.2, 0.25) is 0 Å². The fourth-order valence-corrected chi connectivity index (χ4v) is 5.06. The number of rotatable bonds is 6. The quantitative estimate of drug-likeness (QED) is 0.701. The SMILES string of the molecule is c1cc([C@@H]2CCC3CCCCN32)ccc1OCCCN1CCCCC1. The van der Waals surface area contributed by atoms with Crippen molar-refractivity contribution in [2.24, 2.45) is 0 Å². The van der Waals surface area contributed by atoms with Crippen molar-refractivity contribution in [3.63, 3.8) is 0 Å². The first kappa shape index (κ1) is 17.4. The van der Waals surface area contributed by atoms with Crippen LogP contribution in [-0.2, 0) is 0 Å². The van der Waals surface area contributed by atoms with Crippen molar-refractivity contribution < 1.29 is 4.74 Å². The van der Waals surface area contributed by atoms with E-state index in [0.717, 1.165) is 24.8 Å². The van der Waals surface area contributed by atoms with Gasteiger partial charge in [-0.05, 0) is 82.3 Å². The van der Waals surface area contributed by atoms with E-state index in [9.17, 15) is 0 Å². The molecular formula is C22H34N2O. The van der Waals surface area contributed by atoms with Crippen molar-refractivity contribution in [3.8, 4) is 5.75 Å². The number of hydrogen-bond donors (Lipinski definition) is 0. The van der Waals surface area contributed by atoms with Crippen molar-refractivity contribution in [1.82, 2.24) is 9.80 Å². The molecule has 3 aliphatic heterocycles. The van der Waals surface area contributed by atoms with Gasteiger partial charge in [0.15, 0.2) is 0 Å². The molecule has 1 unspecified atom stereocenters. The molecule has 3 heterocycles. The summed E-state index contributed by atoms with van der Waals surface area (Å²) in [6.45, 7) is 5.90. The van der Waals surface area contributed by atoms with E-state index < -0.39 is 0 Å². The number of piperidine rings is 2. The van der Waals surface area contributed by atoms with E-state index in [1.54, 1.807) is 0 Å². The van der Waals surface area contributed by atoms with Gasteiger partial charge in [-0.2, -0.15) is 0 Å². The number of likely N-dealkylation sites (tertiary alicyclic amines) is 1. The summed E-state index contributed by atoms with van der Waals surface area (Å²) in [4.78, 5) is 5.35. The second-order valence-electron chi connectivity index (χ2n) is 8.15. The molecule has 0 saturated carbocycles. The second-order valence-corrected chi connectivity index (χ2v) is 8.15. The van der Waals surface area contributed by atoms with Crippen LogP contribution >= 0.6 is 0 Å². The second kappa shape index (κ2) is 8.55. The van der Waals surface area contributed by atoms with E-state index in [2.05, 4.69) is 34.1 Å². The van der Waals surface area contributed by atoms with Crippen LogP contribution in [0.3, 0.4) is 0 Å². The molecule has 25 heavy (non-hydrogen) atoms. The lowest BCUT2D eigenvalue weighted by molar-refractivity contribution is 0.150. The number of nitrogens with zero attached hydrogens (tertiary/aromatic N) is 2. The Balaban J connectivity index is 1.23. The van der Waals surface area contributed by atoms with Crippen molar-refractivity contribution in [3.05, 3.63) is 29.8 Å². The van der Waals surface area contributed by atoms with Gasteiger partial charge in [-0.25, -0.2) is 0 Å². The third kappa shape index (κ3) is 4.38. The van der Waals surface area contributed by atoms with Gasteiger partial charge in [-0.1, -0.05) is 25.0 Å². The maximum Gasteiger partial charge on any atom is 0.119 e. The molecule has 3 heteroatoms. The van der Waals surface area contributed by atoms with E-state index in [-0.39, 0.29) is 0 Å². The highest BCUT2D eigenvalue weighted by atomic mass is 16.5. The van der Waals surface area contributed by atoms with Gasteiger partial charge >= 0.3 is 0 Å². The monoisotopic (exact) mass is 342 g/mol. The van der Waals surface area contributed by atoms with Gasteiger partial charge in [0.05, 0.1) is 6.61 Å². The Kier molecular flexibility index (Phi) is 5.94. The highest BCUT2D eigenvalue weighted by molar-refractivity contribution is 5.30. The standard InChI is InChI=1S/C22H34N2O/c1-3-14-23(15-4-1)16-6-18-25-21-11-8-19(9-12-21)22-13-10-20-7-2-5-17-24(20)22/h8-9,11-12,20,22H,1-7,10,13-18H2/t20?,22-/m0/s1. The van der Waals surface area contributed by atoms with Crippen LogP contribution in [0.5, 0.6) is 5.75 Å². The molecule has 3 aliphatic rings. The summed E-state index contributed by atoms with van der Waals surface area (Å²) in [6.07, 6.45) is 12.2. The molecule has 0 aromatic heterocycles. The summed E-state index contributed by atoms with van der Waals surface area (Å²) >= 11 is 0. The van der Waals surface area contributed by atoms with E-state index in [1.807, 2.05) is 0 Å². The van der Waals surface area contributed by atoms with Crippen LogP contribution in [0.1, 0.15) is 69.4 Å². The van der Waals surface area contributed by atoms with Gasteiger partial charge in [0.1, 0.15) is 5.75 Å². The fraction of sp³-hybridized carbons (Fsp3) is 0.727. The van der Waals surface area contributed by atoms with Crippen molar-refractivity contribution >= 4 is 0 Å². The number of hydrogen-bond acceptors (Lipinski definition) is 3. The molecule has 0 spiro atoms. The van der Waals surface area contributed by atoms with Gasteiger partial charge in [0, 0.05) is 18.6 Å². The smallest absolute Gasteiger partial charge is 0.119 e. The summed E-state index contributed by atoms with van der Waals surface area (Å²) in [5.74, 6) is 1.04. The maximum absolute atomic E-state index is 5.98. The molecule has 1 aromatic carbocycles. The normalized spacial score (nSPS) is 28.0. The zero-order valence-corrected chi connectivity index (χ0v) is 15.7. The lowest BCUT2D eigenvalue weighted by atomic mass is 10.0. The van der Waals surface area contributed by atoms with Crippen LogP contribution in [0, 0.1) is 0 Å². The summed E-state index contributed by atoms with van der Waals surface area (Å²) in [7, 11) is 0. The molecule has 3 nitrogen and oxygen atoms in total. The minimum Gasteiger partial charge on any atom is -0.494 e. The van der Waals surface area contributed by atoms with E-state index in [4.69, 9.17) is 4.74 Å². The molecule has 0 aliphatic carbocycles. The molecule has 1 aromatic rings.